The van der Waals surface area contributed by atoms with Gasteiger partial charge in [0.1, 0.15) is 18.9 Å². The molecule has 0 aliphatic heterocycles. The van der Waals surface area contributed by atoms with Gasteiger partial charge in [0.05, 0.1) is 6.10 Å². The van der Waals surface area contributed by atoms with E-state index in [1.807, 2.05) is 30.3 Å². The number of hydrogen-bond donors (Lipinski definition) is 1. The fourth-order valence-corrected chi connectivity index (χ4v) is 1.47. The number of rotatable bonds is 5. The molecule has 0 heterocycles. The fourth-order valence-electron chi connectivity index (χ4n) is 1.47. The number of hydrogen-bond acceptors (Lipinski definition) is 4. The second-order valence-electron chi connectivity index (χ2n) is 4.02. The van der Waals surface area contributed by atoms with Crippen LogP contribution in [0.4, 0.5) is 4.79 Å². The maximum Gasteiger partial charge on any atom is 0.410 e. The zero-order chi connectivity index (χ0) is 13.5. The van der Waals surface area contributed by atoms with Gasteiger partial charge in [0, 0.05) is 7.05 Å². The lowest BCUT2D eigenvalue weighted by Gasteiger charge is -2.25. The third-order valence-electron chi connectivity index (χ3n) is 2.57. The summed E-state index contributed by atoms with van der Waals surface area (Å²) in [5.74, 6) is 0. The van der Waals surface area contributed by atoms with Crippen molar-refractivity contribution < 1.29 is 19.4 Å². The van der Waals surface area contributed by atoms with E-state index in [-0.39, 0.29) is 6.61 Å². The van der Waals surface area contributed by atoms with Crippen LogP contribution in [0.25, 0.3) is 0 Å². The minimum Gasteiger partial charge on any atom is -0.445 e. The molecule has 5 heteroatoms. The van der Waals surface area contributed by atoms with Crippen molar-refractivity contribution in [1.82, 2.24) is 4.90 Å². The highest BCUT2D eigenvalue weighted by molar-refractivity contribution is 5.73. The van der Waals surface area contributed by atoms with Crippen molar-refractivity contribution in [1.29, 1.82) is 0 Å². The number of carbonyl (C=O) groups is 2. The average Bonchev–Trinajstić information content (AvgIpc) is 2.37. The standard InChI is InChI=1S/C13H17NO4/c1-10(16)12(8-15)14(2)13(17)18-9-11-6-4-3-5-7-11/h3-8,10,12,16H,9H2,1-2H3/t10-,12-/m1/s1. The first-order chi connectivity index (χ1) is 8.56. The Morgan fingerprint density at radius 2 is 2.06 bits per heavy atom. The number of amides is 1. The predicted octanol–water partition coefficient (Wildman–Crippen LogP) is 1.20. The Balaban J connectivity index is 2.52. The van der Waals surface area contributed by atoms with E-state index in [4.69, 9.17) is 4.74 Å². The van der Waals surface area contributed by atoms with E-state index in [2.05, 4.69) is 0 Å². The molecule has 18 heavy (non-hydrogen) atoms. The zero-order valence-corrected chi connectivity index (χ0v) is 10.4. The van der Waals surface area contributed by atoms with Crippen molar-refractivity contribution in [2.24, 2.45) is 0 Å². The van der Waals surface area contributed by atoms with Gasteiger partial charge >= 0.3 is 6.09 Å². The zero-order valence-electron chi connectivity index (χ0n) is 10.4. The number of benzene rings is 1. The van der Waals surface area contributed by atoms with Gasteiger partial charge in [-0.05, 0) is 12.5 Å². The molecule has 1 amide bonds. The highest BCUT2D eigenvalue weighted by Gasteiger charge is 2.24. The van der Waals surface area contributed by atoms with Crippen LogP contribution in [0.15, 0.2) is 30.3 Å². The van der Waals surface area contributed by atoms with E-state index >= 15 is 0 Å². The Bertz CT molecular complexity index is 391. The summed E-state index contributed by atoms with van der Waals surface area (Å²) in [6.07, 6.45) is -1.05. The van der Waals surface area contributed by atoms with Gasteiger partial charge in [-0.2, -0.15) is 0 Å². The molecule has 0 unspecified atom stereocenters. The molecule has 0 aliphatic carbocycles. The minimum absolute atomic E-state index is 0.134. The van der Waals surface area contributed by atoms with Crippen molar-refractivity contribution >= 4 is 12.4 Å². The molecule has 1 aromatic rings. The van der Waals surface area contributed by atoms with Crippen LogP contribution in [0, 0.1) is 0 Å². The number of aliphatic hydroxyl groups excluding tert-OH is 1. The van der Waals surface area contributed by atoms with Gasteiger partial charge in [0.25, 0.3) is 0 Å². The third kappa shape index (κ3) is 3.85. The van der Waals surface area contributed by atoms with Gasteiger partial charge in [-0.15, -0.1) is 0 Å². The topological polar surface area (TPSA) is 66.8 Å². The van der Waals surface area contributed by atoms with Crippen molar-refractivity contribution in [3.8, 4) is 0 Å². The SMILES string of the molecule is C[C@@H](O)[C@@H](C=O)N(C)C(=O)OCc1ccccc1. The van der Waals surface area contributed by atoms with Crippen LogP contribution >= 0.6 is 0 Å². The molecule has 1 N–H and O–H groups in total. The molecular weight excluding hydrogens is 234 g/mol. The molecule has 1 aromatic carbocycles. The summed E-state index contributed by atoms with van der Waals surface area (Å²) in [4.78, 5) is 23.5. The maximum absolute atomic E-state index is 11.7. The van der Waals surface area contributed by atoms with Crippen LogP contribution < -0.4 is 0 Å². The van der Waals surface area contributed by atoms with Gasteiger partial charge in [-0.25, -0.2) is 4.79 Å². The molecule has 0 radical (unpaired) electrons. The molecule has 0 saturated carbocycles. The quantitative estimate of drug-likeness (QED) is 0.799. The van der Waals surface area contributed by atoms with Gasteiger partial charge in [0.2, 0.25) is 0 Å². The molecule has 0 fully saturated rings. The second-order valence-corrected chi connectivity index (χ2v) is 4.02. The molecule has 0 spiro atoms. The third-order valence-corrected chi connectivity index (χ3v) is 2.57. The first kappa shape index (κ1) is 14.2. The summed E-state index contributed by atoms with van der Waals surface area (Å²) in [5, 5.41) is 9.34. The van der Waals surface area contributed by atoms with E-state index in [0.717, 1.165) is 10.5 Å². The van der Waals surface area contributed by atoms with Crippen LogP contribution in [0.5, 0.6) is 0 Å². The van der Waals surface area contributed by atoms with Gasteiger partial charge in [0.15, 0.2) is 0 Å². The normalized spacial score (nSPS) is 13.5. The Morgan fingerprint density at radius 3 is 2.56 bits per heavy atom. The molecule has 98 valence electrons. The summed E-state index contributed by atoms with van der Waals surface area (Å²) < 4.78 is 5.04. The maximum atomic E-state index is 11.7. The molecule has 5 nitrogen and oxygen atoms in total. The van der Waals surface area contributed by atoms with Crippen LogP contribution in [0.2, 0.25) is 0 Å². The van der Waals surface area contributed by atoms with Crippen LogP contribution in [-0.4, -0.2) is 41.6 Å². The van der Waals surface area contributed by atoms with Crippen molar-refractivity contribution in [2.45, 2.75) is 25.7 Å². The van der Waals surface area contributed by atoms with Crippen LogP contribution in [-0.2, 0) is 16.1 Å². The van der Waals surface area contributed by atoms with Gasteiger partial charge in [-0.3, -0.25) is 4.90 Å². The predicted molar refractivity (Wildman–Crippen MR) is 65.9 cm³/mol. The Morgan fingerprint density at radius 1 is 1.44 bits per heavy atom. The molecule has 0 aliphatic rings. The van der Waals surface area contributed by atoms with Crippen molar-refractivity contribution in [3.05, 3.63) is 35.9 Å². The highest BCUT2D eigenvalue weighted by atomic mass is 16.6. The summed E-state index contributed by atoms with van der Waals surface area (Å²) in [6, 6.07) is 8.33. The number of likely N-dealkylation sites (N-methyl/N-ethyl adjacent to an activating group) is 1. The molecule has 1 rings (SSSR count). The van der Waals surface area contributed by atoms with Crippen molar-refractivity contribution in [3.63, 3.8) is 0 Å². The molecule has 0 bridgehead atoms. The number of carbonyl (C=O) groups excluding carboxylic acids is 2. The second kappa shape index (κ2) is 6.76. The minimum atomic E-state index is -0.934. The lowest BCUT2D eigenvalue weighted by atomic mass is 10.2. The summed E-state index contributed by atoms with van der Waals surface area (Å²) in [7, 11) is 1.42. The summed E-state index contributed by atoms with van der Waals surface area (Å²) in [6.45, 7) is 1.58. The van der Waals surface area contributed by atoms with E-state index in [1.165, 1.54) is 14.0 Å². The van der Waals surface area contributed by atoms with E-state index in [9.17, 15) is 14.7 Å². The molecule has 2 atom stereocenters. The average molecular weight is 251 g/mol. The van der Waals surface area contributed by atoms with Crippen LogP contribution in [0.1, 0.15) is 12.5 Å². The molecular formula is C13H17NO4. The van der Waals surface area contributed by atoms with E-state index in [1.54, 1.807) is 0 Å². The Labute approximate surface area is 106 Å². The van der Waals surface area contributed by atoms with Crippen molar-refractivity contribution in [2.75, 3.05) is 7.05 Å². The lowest BCUT2D eigenvalue weighted by Crippen LogP contribution is -2.44. The highest BCUT2D eigenvalue weighted by Crippen LogP contribution is 2.06. The van der Waals surface area contributed by atoms with Gasteiger partial charge < -0.3 is 14.6 Å². The first-order valence-corrected chi connectivity index (χ1v) is 5.63. The molecule has 0 saturated heterocycles. The van der Waals surface area contributed by atoms with E-state index in [0.29, 0.717) is 6.29 Å². The largest absolute Gasteiger partial charge is 0.445 e. The Kier molecular flexibility index (Phi) is 5.32. The van der Waals surface area contributed by atoms with E-state index < -0.39 is 18.2 Å². The number of aldehydes is 1. The summed E-state index contributed by atoms with van der Waals surface area (Å²) in [5.41, 5.74) is 0.860. The number of nitrogens with zero attached hydrogens (tertiary/aromatic N) is 1. The number of aliphatic hydroxyl groups is 1. The fraction of sp³-hybridized carbons (Fsp3) is 0.385. The van der Waals surface area contributed by atoms with Crippen LogP contribution in [0.3, 0.4) is 0 Å². The molecule has 0 aromatic heterocycles. The first-order valence-electron chi connectivity index (χ1n) is 5.63. The van der Waals surface area contributed by atoms with Gasteiger partial charge in [-0.1, -0.05) is 30.3 Å². The smallest absolute Gasteiger partial charge is 0.410 e. The monoisotopic (exact) mass is 251 g/mol. The Hall–Kier alpha value is -1.88. The lowest BCUT2D eigenvalue weighted by molar-refractivity contribution is -0.114. The summed E-state index contributed by atoms with van der Waals surface area (Å²) >= 11 is 0. The number of ether oxygens (including phenoxy) is 1.